The number of para-hydroxylation sites is 1. The van der Waals surface area contributed by atoms with Crippen molar-refractivity contribution in [3.63, 3.8) is 0 Å². The van der Waals surface area contributed by atoms with Crippen molar-refractivity contribution in [3.05, 3.63) is 78.0 Å². The number of amides is 4. The zero-order valence-electron chi connectivity index (χ0n) is 26.0. The number of pyridine rings is 1. The molecule has 1 saturated carbocycles. The Morgan fingerprint density at radius 1 is 0.978 bits per heavy atom. The van der Waals surface area contributed by atoms with Crippen LogP contribution in [0.4, 0.5) is 0 Å². The molecule has 0 spiro atoms. The number of carbonyl (C=O) groups is 4. The Morgan fingerprint density at radius 3 is 2.40 bits per heavy atom. The number of primary amides is 1. The molecular weight excluding hydrogens is 590 g/mol. The number of thioether (sulfide) groups is 1. The number of nitrogens with zero attached hydrogens (tertiary/aromatic N) is 1. The molecule has 4 amide bonds. The Balaban J connectivity index is 1.46. The quantitative estimate of drug-likeness (QED) is 0.193. The second-order valence-electron chi connectivity index (χ2n) is 12.6. The second kappa shape index (κ2) is 15.4. The number of carbonyl (C=O) groups excluding carboxylic acids is 4. The molecule has 0 saturated heterocycles. The van der Waals surface area contributed by atoms with Crippen LogP contribution in [0.3, 0.4) is 0 Å². The lowest BCUT2D eigenvalue weighted by atomic mass is 10.0. The van der Waals surface area contributed by atoms with Crippen molar-refractivity contribution < 1.29 is 24.3 Å². The van der Waals surface area contributed by atoms with Crippen LogP contribution in [0.25, 0.3) is 10.9 Å². The molecule has 0 bridgehead atoms. The molecule has 4 rings (SSSR count). The van der Waals surface area contributed by atoms with E-state index in [1.807, 2.05) is 69.3 Å². The van der Waals surface area contributed by atoms with Gasteiger partial charge >= 0.3 is 0 Å². The van der Waals surface area contributed by atoms with Gasteiger partial charge in [0.05, 0.1) is 24.1 Å². The van der Waals surface area contributed by atoms with Crippen LogP contribution in [0.5, 0.6) is 0 Å². The molecule has 240 valence electrons. The standard InChI is InChI=1S/C34H43N5O5S/c1-34(2,3)39-31(42)23-13-9-15-29(23)45-20-28(40)26(18-21-10-5-4-6-11-21)37-33(44)27(19-30(35)41)38-32(43)25-17-16-22-12-7-8-14-24(22)36-25/h4-8,10-12,14,16-17,23,26-29,40H,9,13,15,18-20H2,1-3H3,(H2,35,41)(H,37,44)(H,38,43)(H,39,42)/t23?,26-,27-,28?,29?/m0/s1. The van der Waals surface area contributed by atoms with Gasteiger partial charge in [0.2, 0.25) is 17.7 Å². The van der Waals surface area contributed by atoms with Gasteiger partial charge in [-0.15, -0.1) is 0 Å². The molecule has 0 radical (unpaired) electrons. The van der Waals surface area contributed by atoms with Gasteiger partial charge in [0.15, 0.2) is 0 Å². The number of fused-ring (bicyclic) bond motifs is 1. The fourth-order valence-electron chi connectivity index (χ4n) is 5.50. The smallest absolute Gasteiger partial charge is 0.270 e. The molecule has 1 fully saturated rings. The highest BCUT2D eigenvalue weighted by Crippen LogP contribution is 2.36. The number of aliphatic hydroxyl groups is 1. The van der Waals surface area contributed by atoms with Crippen LogP contribution in [0.1, 0.15) is 62.5 Å². The minimum Gasteiger partial charge on any atom is -0.390 e. The normalized spacial score (nSPS) is 18.5. The van der Waals surface area contributed by atoms with Gasteiger partial charge in [-0.3, -0.25) is 19.2 Å². The summed E-state index contributed by atoms with van der Waals surface area (Å²) >= 11 is 1.53. The number of hydrogen-bond donors (Lipinski definition) is 5. The van der Waals surface area contributed by atoms with Crippen molar-refractivity contribution in [1.29, 1.82) is 0 Å². The molecule has 1 aliphatic carbocycles. The van der Waals surface area contributed by atoms with Gasteiger partial charge in [0.1, 0.15) is 11.7 Å². The summed E-state index contributed by atoms with van der Waals surface area (Å²) in [5.74, 6) is -1.88. The van der Waals surface area contributed by atoms with Gasteiger partial charge in [0, 0.05) is 27.8 Å². The fraction of sp³-hybridized carbons (Fsp3) is 0.441. The number of nitrogens with one attached hydrogen (secondary N) is 3. The predicted molar refractivity (Wildman–Crippen MR) is 176 cm³/mol. The summed E-state index contributed by atoms with van der Waals surface area (Å²) in [6, 6.07) is 18.0. The van der Waals surface area contributed by atoms with Crippen LogP contribution in [0.2, 0.25) is 0 Å². The molecule has 1 aliphatic rings. The Labute approximate surface area is 268 Å². The number of benzene rings is 2. The minimum atomic E-state index is -1.28. The SMILES string of the molecule is CC(C)(C)NC(=O)C1CCCC1SCC(O)[C@H](Cc1ccccc1)NC(=O)[C@H](CC(N)=O)NC(=O)c1ccc2ccccc2n1. The molecule has 10 nitrogen and oxygen atoms in total. The fourth-order valence-corrected chi connectivity index (χ4v) is 7.00. The Morgan fingerprint density at radius 2 is 1.69 bits per heavy atom. The largest absolute Gasteiger partial charge is 0.390 e. The summed E-state index contributed by atoms with van der Waals surface area (Å²) in [5.41, 5.74) is 6.73. The van der Waals surface area contributed by atoms with Crippen molar-refractivity contribution in [2.75, 3.05) is 5.75 Å². The monoisotopic (exact) mass is 633 g/mol. The highest BCUT2D eigenvalue weighted by atomic mass is 32.2. The summed E-state index contributed by atoms with van der Waals surface area (Å²) in [7, 11) is 0. The van der Waals surface area contributed by atoms with Crippen molar-refractivity contribution >= 4 is 46.3 Å². The third-order valence-corrected chi connectivity index (χ3v) is 9.24. The van der Waals surface area contributed by atoms with Gasteiger partial charge < -0.3 is 26.8 Å². The Hall–Kier alpha value is -3.96. The average Bonchev–Trinajstić information content (AvgIpc) is 3.47. The highest BCUT2D eigenvalue weighted by molar-refractivity contribution is 8.00. The van der Waals surface area contributed by atoms with E-state index in [9.17, 15) is 24.3 Å². The van der Waals surface area contributed by atoms with E-state index in [0.29, 0.717) is 11.9 Å². The number of aliphatic hydroxyl groups excluding tert-OH is 1. The van der Waals surface area contributed by atoms with Crippen LogP contribution in [-0.4, -0.2) is 68.4 Å². The van der Waals surface area contributed by atoms with E-state index in [1.165, 1.54) is 11.8 Å². The van der Waals surface area contributed by atoms with Crippen LogP contribution in [0.15, 0.2) is 66.7 Å². The molecular formula is C34H43N5O5S. The van der Waals surface area contributed by atoms with E-state index in [4.69, 9.17) is 5.73 Å². The summed E-state index contributed by atoms with van der Waals surface area (Å²) in [4.78, 5) is 55.9. The lowest BCUT2D eigenvalue weighted by Gasteiger charge is -2.29. The van der Waals surface area contributed by atoms with E-state index in [2.05, 4.69) is 20.9 Å². The van der Waals surface area contributed by atoms with Crippen molar-refractivity contribution in [3.8, 4) is 0 Å². The maximum absolute atomic E-state index is 13.6. The first-order valence-electron chi connectivity index (χ1n) is 15.3. The van der Waals surface area contributed by atoms with Gasteiger partial charge in [-0.05, 0) is 57.7 Å². The average molecular weight is 634 g/mol. The number of nitrogens with two attached hydrogens (primary N) is 1. The van der Waals surface area contributed by atoms with E-state index < -0.39 is 42.3 Å². The molecule has 11 heteroatoms. The Bertz CT molecular complexity index is 1500. The van der Waals surface area contributed by atoms with Crippen LogP contribution < -0.4 is 21.7 Å². The summed E-state index contributed by atoms with van der Waals surface area (Å²) in [5, 5.41) is 20.8. The first-order valence-corrected chi connectivity index (χ1v) is 16.4. The predicted octanol–water partition coefficient (Wildman–Crippen LogP) is 3.11. The lowest BCUT2D eigenvalue weighted by Crippen LogP contribution is -2.54. The second-order valence-corrected chi connectivity index (χ2v) is 13.9. The van der Waals surface area contributed by atoms with Crippen molar-refractivity contribution in [2.24, 2.45) is 11.7 Å². The Kier molecular flexibility index (Phi) is 11.6. The zero-order valence-corrected chi connectivity index (χ0v) is 26.8. The third kappa shape index (κ3) is 10.0. The van der Waals surface area contributed by atoms with Crippen LogP contribution >= 0.6 is 11.8 Å². The van der Waals surface area contributed by atoms with Gasteiger partial charge in [-0.2, -0.15) is 11.8 Å². The van der Waals surface area contributed by atoms with E-state index in [-0.39, 0.29) is 34.1 Å². The maximum atomic E-state index is 13.6. The molecule has 5 atom stereocenters. The lowest BCUT2D eigenvalue weighted by molar-refractivity contribution is -0.128. The highest BCUT2D eigenvalue weighted by Gasteiger charge is 2.36. The van der Waals surface area contributed by atoms with Crippen molar-refractivity contribution in [2.45, 2.75) is 81.9 Å². The molecule has 1 aromatic heterocycles. The first kappa shape index (κ1) is 33.9. The number of aromatic nitrogens is 1. The van der Waals surface area contributed by atoms with E-state index >= 15 is 0 Å². The molecule has 1 heterocycles. The van der Waals surface area contributed by atoms with Gasteiger partial charge in [-0.25, -0.2) is 4.98 Å². The van der Waals surface area contributed by atoms with Gasteiger partial charge in [-0.1, -0.05) is 61.0 Å². The molecule has 2 aromatic carbocycles. The number of rotatable bonds is 13. The maximum Gasteiger partial charge on any atom is 0.270 e. The molecule has 0 aliphatic heterocycles. The third-order valence-electron chi connectivity index (χ3n) is 7.72. The molecule has 6 N–H and O–H groups in total. The number of hydrogen-bond acceptors (Lipinski definition) is 7. The van der Waals surface area contributed by atoms with Gasteiger partial charge in [0.25, 0.3) is 5.91 Å². The summed E-state index contributed by atoms with van der Waals surface area (Å²) < 4.78 is 0. The summed E-state index contributed by atoms with van der Waals surface area (Å²) in [6.07, 6.45) is 1.50. The summed E-state index contributed by atoms with van der Waals surface area (Å²) in [6.45, 7) is 5.86. The first-order chi connectivity index (χ1) is 21.4. The molecule has 3 aromatic rings. The molecule has 3 unspecified atom stereocenters. The van der Waals surface area contributed by atoms with E-state index in [0.717, 1.165) is 30.2 Å². The minimum absolute atomic E-state index is 0.0204. The molecule has 45 heavy (non-hydrogen) atoms. The van der Waals surface area contributed by atoms with Crippen molar-refractivity contribution in [1.82, 2.24) is 20.9 Å². The zero-order chi connectivity index (χ0) is 32.6. The van der Waals surface area contributed by atoms with Crippen LogP contribution in [-0.2, 0) is 20.8 Å². The van der Waals surface area contributed by atoms with Crippen LogP contribution in [0, 0.1) is 5.92 Å². The topological polar surface area (TPSA) is 164 Å². The van der Waals surface area contributed by atoms with E-state index in [1.54, 1.807) is 18.2 Å².